The lowest BCUT2D eigenvalue weighted by atomic mass is 9.33. The molecule has 0 radical (unpaired) electrons. The molecule has 4 saturated carbocycles. The Hall–Kier alpha value is -2.35. The summed E-state index contributed by atoms with van der Waals surface area (Å²) in [5.41, 5.74) is -3.62. The first-order chi connectivity index (χ1) is 55.0. The van der Waals surface area contributed by atoms with Crippen molar-refractivity contribution in [1.82, 2.24) is 0 Å². The Labute approximate surface area is 673 Å². The topological polar surface area (TPSA) is 650 Å². The molecule has 13 aliphatic rings. The van der Waals surface area contributed by atoms with E-state index in [1.807, 2.05) is 0 Å². The van der Waals surface area contributed by atoms with Crippen LogP contribution in [0.5, 0.6) is 0 Å². The lowest BCUT2D eigenvalue weighted by molar-refractivity contribution is -0.398. The van der Waals surface area contributed by atoms with Gasteiger partial charge in [-0.05, 0) is 110 Å². The predicted molar refractivity (Wildman–Crippen MR) is 381 cm³/mol. The van der Waals surface area contributed by atoms with Gasteiger partial charge in [0, 0.05) is 0 Å². The number of carbonyl (C=O) groups is 1. The molecule has 0 aromatic heterocycles. The van der Waals surface area contributed by atoms with Gasteiger partial charge in [-0.25, -0.2) is 0 Å². The molecule has 0 aromatic carbocycles. The van der Waals surface area contributed by atoms with E-state index in [0.29, 0.717) is 44.9 Å². The summed E-state index contributed by atoms with van der Waals surface area (Å²) in [7, 11) is 0. The van der Waals surface area contributed by atoms with Gasteiger partial charge in [-0.1, -0.05) is 60.1 Å². The third-order valence-corrected chi connectivity index (χ3v) is 29.1. The number of aliphatic hydroxyl groups excluding tert-OH is 24. The van der Waals surface area contributed by atoms with Gasteiger partial charge in [-0.15, -0.1) is 0 Å². The minimum atomic E-state index is -2.19. The second-order valence-corrected chi connectivity index (χ2v) is 36.7. The Morgan fingerprint density at radius 3 is 1.50 bits per heavy atom. The van der Waals surface area contributed by atoms with Crippen molar-refractivity contribution < 1.29 is 203 Å². The molecule has 0 aromatic rings. The molecule has 47 unspecified atom stereocenters. The van der Waals surface area contributed by atoms with Crippen LogP contribution in [0.3, 0.4) is 0 Å². The van der Waals surface area contributed by atoms with Crippen molar-refractivity contribution >= 4 is 5.97 Å². The number of rotatable bonds is 21. The van der Waals surface area contributed by atoms with Crippen molar-refractivity contribution in [3.63, 3.8) is 0 Å². The number of ether oxygens (including phenoxy) is 16. The van der Waals surface area contributed by atoms with Crippen molar-refractivity contribution in [2.24, 2.45) is 50.2 Å². The van der Waals surface area contributed by atoms with Gasteiger partial charge >= 0.3 is 5.97 Å². The Bertz CT molecular complexity index is 3340. The van der Waals surface area contributed by atoms with E-state index >= 15 is 4.79 Å². The van der Waals surface area contributed by atoms with Gasteiger partial charge in [0.2, 0.25) is 6.29 Å². The molecule has 5 aliphatic carbocycles. The van der Waals surface area contributed by atoms with E-state index in [-0.39, 0.29) is 30.1 Å². The number of carbonyl (C=O) groups excluding carboxylic acids is 1. The zero-order valence-electron chi connectivity index (χ0n) is 66.4. The molecule has 12 fully saturated rings. The largest absolute Gasteiger partial charge is 0.432 e. The summed E-state index contributed by atoms with van der Waals surface area (Å²) in [4.78, 5) is 15.5. The lowest BCUT2D eigenvalue weighted by Gasteiger charge is -2.71. The standard InChI is InChI=1S/C76H124O41/c1-26-40(84)45(89)51(95)64(105-26)113-58-33(21-79)108-62(54(98)48(58)92)104-25-35-43(87)47(91)53(97)67(110-35)117-70(101)76-16-15-71(2,3)17-28(76)27-9-10-37-73(6)13-12-39(72(4,5)36(73)11-14-74(37,7)75(27,8)18-38(76)83)111-69-61(116-65-52(96)46(90)42(86)31(19-77)106-65)57(30(82)24-103-69)112-66-55(99)49(93)59(34(22-80)109-66)114-68-56(100)60(44(88)32(20-78)107-68)115-63-50(94)41(85)29(81)23-102-63/h9,26,28-69,77-100H,10-25H2,1-8H3. The number of hydrogen-bond acceptors (Lipinski definition) is 41. The fourth-order valence-electron chi connectivity index (χ4n) is 21.8. The van der Waals surface area contributed by atoms with E-state index in [4.69, 9.17) is 75.8 Å². The fourth-order valence-corrected chi connectivity index (χ4v) is 21.8. The van der Waals surface area contributed by atoms with E-state index in [0.717, 1.165) is 5.57 Å². The molecule has 41 heteroatoms. The zero-order valence-corrected chi connectivity index (χ0v) is 66.4. The Morgan fingerprint density at radius 2 is 0.889 bits per heavy atom. The molecule has 0 bridgehead atoms. The predicted octanol–water partition coefficient (Wildman–Crippen LogP) is -9.46. The Kier molecular flexibility index (Phi) is 28.0. The third kappa shape index (κ3) is 16.4. The van der Waals surface area contributed by atoms with Crippen LogP contribution in [0.25, 0.3) is 0 Å². The second kappa shape index (κ2) is 35.5. The highest BCUT2D eigenvalue weighted by Crippen LogP contribution is 2.76. The summed E-state index contributed by atoms with van der Waals surface area (Å²) in [6.07, 6.45) is -64.6. The Morgan fingerprint density at radius 1 is 0.410 bits per heavy atom. The summed E-state index contributed by atoms with van der Waals surface area (Å²) in [5.74, 6) is -1.76. The van der Waals surface area contributed by atoms with E-state index in [2.05, 4.69) is 54.5 Å². The molecule has 8 heterocycles. The van der Waals surface area contributed by atoms with Gasteiger partial charge in [0.15, 0.2) is 44.0 Å². The SMILES string of the molecule is CC1OC(OC2C(CO)OC(OCC3OC(OC(=O)C45CCC(C)(C)CC4C4=CCC6C7(C)CCC(OC8OCC(O)C(OC9OC(CO)C(OC%10OC(CO)C(O)C(OC%11OCC(O)C(O)C%11O)C%10O)C(O)C9O)C8OC8OC(CO)C(O)C(O)C8O)C(C)(C)C7CCC6(C)C4(C)CC5O)C(O)C(O)C3O)C(O)C2O)C(O)C(O)C1O. The average Bonchev–Trinajstić information content (AvgIpc) is 0.669. The summed E-state index contributed by atoms with van der Waals surface area (Å²) >= 11 is 0. The number of hydrogen-bond donors (Lipinski definition) is 24. The molecular formula is C76H124O41. The van der Waals surface area contributed by atoms with Crippen molar-refractivity contribution in [2.45, 2.75) is 359 Å². The van der Waals surface area contributed by atoms with Gasteiger partial charge in [0.25, 0.3) is 0 Å². The van der Waals surface area contributed by atoms with E-state index in [1.54, 1.807) is 0 Å². The first kappa shape index (κ1) is 92.3. The quantitative estimate of drug-likeness (QED) is 0.0288. The molecule has 47 atom stereocenters. The minimum Gasteiger partial charge on any atom is -0.432 e. The smallest absolute Gasteiger partial charge is 0.317 e. The maximum atomic E-state index is 15.5. The van der Waals surface area contributed by atoms with Crippen LogP contribution in [0.15, 0.2) is 11.6 Å². The number of allylic oxidation sites excluding steroid dienone is 2. The zero-order chi connectivity index (χ0) is 85.3. The number of fused-ring (bicyclic) bond motifs is 7. The van der Waals surface area contributed by atoms with Gasteiger partial charge in [0.05, 0.1) is 64.6 Å². The normalized spacial score (nSPS) is 54.5. The van der Waals surface area contributed by atoms with E-state index < -0.39 is 331 Å². The van der Waals surface area contributed by atoms with Crippen molar-refractivity contribution in [2.75, 3.05) is 46.2 Å². The highest BCUT2D eigenvalue weighted by atomic mass is 16.8. The molecule has 24 N–H and O–H groups in total. The lowest BCUT2D eigenvalue weighted by Crippen LogP contribution is -2.68. The molecule has 0 amide bonds. The summed E-state index contributed by atoms with van der Waals surface area (Å²) in [6.45, 7) is 10.8. The van der Waals surface area contributed by atoms with Crippen LogP contribution >= 0.6 is 0 Å². The third-order valence-electron chi connectivity index (χ3n) is 29.1. The summed E-state index contributed by atoms with van der Waals surface area (Å²) < 4.78 is 95.5. The molecule has 8 aliphatic heterocycles. The van der Waals surface area contributed by atoms with E-state index in [9.17, 15) is 123 Å². The van der Waals surface area contributed by atoms with Crippen molar-refractivity contribution in [3.8, 4) is 0 Å². The monoisotopic (exact) mass is 1690 g/mol. The van der Waals surface area contributed by atoms with Gasteiger partial charge < -0.3 is 198 Å². The van der Waals surface area contributed by atoms with Crippen molar-refractivity contribution in [3.05, 3.63) is 11.6 Å². The van der Waals surface area contributed by atoms with E-state index in [1.165, 1.54) is 6.92 Å². The van der Waals surface area contributed by atoms with Crippen LogP contribution in [-0.4, -0.2) is 420 Å². The van der Waals surface area contributed by atoms with Crippen molar-refractivity contribution in [1.29, 1.82) is 0 Å². The maximum absolute atomic E-state index is 15.5. The van der Waals surface area contributed by atoms with Crippen LogP contribution in [0.2, 0.25) is 0 Å². The molecule has 0 spiro atoms. The number of esters is 1. The molecule has 8 saturated heterocycles. The van der Waals surface area contributed by atoms with Crippen LogP contribution in [-0.2, 0) is 80.6 Å². The molecule has 674 valence electrons. The number of aliphatic hydroxyl groups is 24. The second-order valence-electron chi connectivity index (χ2n) is 36.7. The summed E-state index contributed by atoms with van der Waals surface area (Å²) in [5, 5.41) is 265. The van der Waals surface area contributed by atoms with Crippen LogP contribution < -0.4 is 0 Å². The maximum Gasteiger partial charge on any atom is 0.317 e. The highest BCUT2D eigenvalue weighted by Gasteiger charge is 2.73. The van der Waals surface area contributed by atoms with Gasteiger partial charge in [0.1, 0.15) is 182 Å². The first-order valence-corrected chi connectivity index (χ1v) is 40.7. The fraction of sp³-hybridized carbons (Fsp3) is 0.961. The van der Waals surface area contributed by atoms with Gasteiger partial charge in [-0.3, -0.25) is 4.79 Å². The average molecular weight is 1690 g/mol. The molecule has 13 rings (SSSR count). The van der Waals surface area contributed by atoms with Crippen LogP contribution in [0.1, 0.15) is 113 Å². The summed E-state index contributed by atoms with van der Waals surface area (Å²) in [6, 6.07) is 0. The Balaban J connectivity index is 0.704. The van der Waals surface area contributed by atoms with Crippen LogP contribution in [0, 0.1) is 50.2 Å². The molecule has 41 nitrogen and oxygen atoms in total. The molecule has 117 heavy (non-hydrogen) atoms. The first-order valence-electron chi connectivity index (χ1n) is 40.7. The minimum absolute atomic E-state index is 0.0714. The van der Waals surface area contributed by atoms with Gasteiger partial charge in [-0.2, -0.15) is 0 Å². The van der Waals surface area contributed by atoms with Crippen LogP contribution in [0.4, 0.5) is 0 Å². The highest BCUT2D eigenvalue weighted by molar-refractivity contribution is 5.80. The molecular weight excluding hydrogens is 1570 g/mol.